The van der Waals surface area contributed by atoms with E-state index >= 15 is 0 Å². The number of rotatable bonds is 8. The molecule has 0 bridgehead atoms. The van der Waals surface area contributed by atoms with Crippen molar-refractivity contribution in [3.8, 4) is 17.0 Å². The number of nitrogens with one attached hydrogen (secondary N) is 1. The van der Waals surface area contributed by atoms with Crippen molar-refractivity contribution in [1.29, 1.82) is 0 Å². The number of aromatic nitrogens is 1. The van der Waals surface area contributed by atoms with E-state index < -0.39 is 5.82 Å². The standard InChI is InChI=1S/C23H23FN2O3S/c1-3-30-21-9-7-16(22-17(14-27)5-4-10-25-22)12-18(21)23(28)26-13-15-6-8-20(29-2)19(24)11-15/h4-12,27H,3,13-14H2,1-2H3,(H,26,28). The molecule has 0 aliphatic carbocycles. The normalized spacial score (nSPS) is 10.7. The second kappa shape index (κ2) is 10.2. The molecule has 3 rings (SSSR count). The molecule has 3 aromatic rings. The minimum absolute atomic E-state index is 0.140. The zero-order valence-electron chi connectivity index (χ0n) is 16.8. The molecule has 0 atom stereocenters. The van der Waals surface area contributed by atoms with E-state index in [0.717, 1.165) is 16.2 Å². The van der Waals surface area contributed by atoms with Gasteiger partial charge in [0.1, 0.15) is 0 Å². The molecule has 0 saturated carbocycles. The molecule has 0 saturated heterocycles. The summed E-state index contributed by atoms with van der Waals surface area (Å²) in [6.07, 6.45) is 1.65. The number of thioether (sulfide) groups is 1. The Morgan fingerprint density at radius 3 is 2.77 bits per heavy atom. The Labute approximate surface area is 179 Å². The van der Waals surface area contributed by atoms with Gasteiger partial charge in [-0.25, -0.2) is 4.39 Å². The predicted octanol–water partition coefficient (Wildman–Crippen LogP) is 4.43. The van der Waals surface area contributed by atoms with E-state index in [1.165, 1.54) is 19.2 Å². The molecule has 0 aliphatic heterocycles. The number of halogens is 1. The second-order valence-electron chi connectivity index (χ2n) is 6.46. The lowest BCUT2D eigenvalue weighted by molar-refractivity contribution is 0.0948. The van der Waals surface area contributed by atoms with Crippen molar-refractivity contribution in [2.45, 2.75) is 25.0 Å². The second-order valence-corrected chi connectivity index (χ2v) is 7.77. The molecule has 2 N–H and O–H groups in total. The van der Waals surface area contributed by atoms with Gasteiger partial charge in [-0.2, -0.15) is 0 Å². The Balaban J connectivity index is 1.87. The van der Waals surface area contributed by atoms with Gasteiger partial charge >= 0.3 is 0 Å². The van der Waals surface area contributed by atoms with Gasteiger partial charge in [0.05, 0.1) is 25.0 Å². The van der Waals surface area contributed by atoms with Gasteiger partial charge in [-0.3, -0.25) is 9.78 Å². The summed E-state index contributed by atoms with van der Waals surface area (Å²) in [6, 6.07) is 13.7. The van der Waals surface area contributed by atoms with E-state index in [0.29, 0.717) is 22.4 Å². The number of methoxy groups -OCH3 is 1. The Hall–Kier alpha value is -2.90. The molecule has 0 spiro atoms. The SMILES string of the molecule is CCSc1ccc(-c2ncccc2CO)cc1C(=O)NCc1ccc(OC)c(F)c1. The largest absolute Gasteiger partial charge is 0.494 e. The number of ether oxygens (including phenoxy) is 1. The molecule has 5 nitrogen and oxygen atoms in total. The Bertz CT molecular complexity index is 1040. The van der Waals surface area contributed by atoms with Gasteiger partial charge in [0.25, 0.3) is 5.91 Å². The fourth-order valence-electron chi connectivity index (χ4n) is 3.06. The van der Waals surface area contributed by atoms with Gasteiger partial charge in [0.15, 0.2) is 11.6 Å². The van der Waals surface area contributed by atoms with Crippen LogP contribution >= 0.6 is 11.8 Å². The maximum Gasteiger partial charge on any atom is 0.252 e. The molecular weight excluding hydrogens is 403 g/mol. The van der Waals surface area contributed by atoms with E-state index in [4.69, 9.17) is 4.74 Å². The summed E-state index contributed by atoms with van der Waals surface area (Å²) < 4.78 is 18.8. The molecular formula is C23H23FN2O3S. The summed E-state index contributed by atoms with van der Waals surface area (Å²) in [5.41, 5.74) is 3.23. The van der Waals surface area contributed by atoms with Crippen LogP contribution < -0.4 is 10.1 Å². The summed E-state index contributed by atoms with van der Waals surface area (Å²) in [6.45, 7) is 2.06. The first-order chi connectivity index (χ1) is 14.6. The van der Waals surface area contributed by atoms with Crippen LogP contribution in [-0.2, 0) is 13.2 Å². The number of nitrogens with zero attached hydrogens (tertiary/aromatic N) is 1. The monoisotopic (exact) mass is 426 g/mol. The predicted molar refractivity (Wildman–Crippen MR) is 116 cm³/mol. The number of hydrogen-bond acceptors (Lipinski definition) is 5. The smallest absolute Gasteiger partial charge is 0.252 e. The average Bonchev–Trinajstić information content (AvgIpc) is 2.78. The van der Waals surface area contributed by atoms with Gasteiger partial charge in [-0.1, -0.05) is 25.1 Å². The molecule has 1 heterocycles. The number of hydrogen-bond donors (Lipinski definition) is 2. The van der Waals surface area contributed by atoms with E-state index in [9.17, 15) is 14.3 Å². The average molecular weight is 427 g/mol. The van der Waals surface area contributed by atoms with E-state index in [1.54, 1.807) is 42.2 Å². The summed E-state index contributed by atoms with van der Waals surface area (Å²) in [7, 11) is 1.41. The van der Waals surface area contributed by atoms with E-state index in [2.05, 4.69) is 10.3 Å². The Morgan fingerprint density at radius 2 is 2.07 bits per heavy atom. The summed E-state index contributed by atoms with van der Waals surface area (Å²) >= 11 is 1.57. The highest BCUT2D eigenvalue weighted by Crippen LogP contribution is 2.29. The van der Waals surface area contributed by atoms with Crippen LogP contribution in [0.2, 0.25) is 0 Å². The minimum atomic E-state index is -0.472. The van der Waals surface area contributed by atoms with Crippen LogP contribution in [0.4, 0.5) is 4.39 Å². The van der Waals surface area contributed by atoms with Crippen LogP contribution in [0.25, 0.3) is 11.3 Å². The molecule has 0 radical (unpaired) electrons. The molecule has 30 heavy (non-hydrogen) atoms. The first kappa shape index (κ1) is 21.8. The number of aliphatic hydroxyl groups is 1. The summed E-state index contributed by atoms with van der Waals surface area (Å²) in [4.78, 5) is 18.2. The highest BCUT2D eigenvalue weighted by Gasteiger charge is 2.15. The Morgan fingerprint density at radius 1 is 1.23 bits per heavy atom. The van der Waals surface area contributed by atoms with Crippen molar-refractivity contribution in [3.05, 3.63) is 77.2 Å². The third kappa shape index (κ3) is 4.98. The first-order valence-corrected chi connectivity index (χ1v) is 10.5. The highest BCUT2D eigenvalue weighted by atomic mass is 32.2. The topological polar surface area (TPSA) is 71.5 Å². The third-order valence-corrected chi connectivity index (χ3v) is 5.48. The molecule has 2 aromatic carbocycles. The maximum atomic E-state index is 13.9. The van der Waals surface area contributed by atoms with E-state index in [1.807, 2.05) is 19.1 Å². The van der Waals surface area contributed by atoms with Gasteiger partial charge < -0.3 is 15.2 Å². The van der Waals surface area contributed by atoms with Crippen LogP contribution in [0.15, 0.2) is 59.6 Å². The number of amides is 1. The third-order valence-electron chi connectivity index (χ3n) is 4.53. The van der Waals surface area contributed by atoms with Crippen LogP contribution in [0.5, 0.6) is 5.75 Å². The van der Waals surface area contributed by atoms with Crippen LogP contribution in [0.3, 0.4) is 0 Å². The lowest BCUT2D eigenvalue weighted by Crippen LogP contribution is -2.23. The van der Waals surface area contributed by atoms with Gasteiger partial charge in [0, 0.05) is 28.8 Å². The Kier molecular flexibility index (Phi) is 7.43. The number of carbonyl (C=O) groups is 1. The molecule has 1 amide bonds. The lowest BCUT2D eigenvalue weighted by atomic mass is 10.0. The zero-order valence-corrected chi connectivity index (χ0v) is 17.6. The van der Waals surface area contributed by atoms with Crippen molar-refractivity contribution in [2.24, 2.45) is 0 Å². The number of aliphatic hydroxyl groups excluding tert-OH is 1. The first-order valence-electron chi connectivity index (χ1n) is 9.50. The molecule has 0 fully saturated rings. The van der Waals surface area contributed by atoms with Gasteiger partial charge in [0.2, 0.25) is 0 Å². The van der Waals surface area contributed by atoms with Crippen LogP contribution in [0, 0.1) is 5.82 Å². The minimum Gasteiger partial charge on any atom is -0.494 e. The summed E-state index contributed by atoms with van der Waals surface area (Å²) in [5, 5.41) is 12.5. The maximum absolute atomic E-state index is 13.9. The van der Waals surface area contributed by atoms with Crippen molar-refractivity contribution >= 4 is 17.7 Å². The fourth-order valence-corrected chi connectivity index (χ4v) is 3.84. The molecule has 156 valence electrons. The fraction of sp³-hybridized carbons (Fsp3) is 0.217. The van der Waals surface area contributed by atoms with E-state index in [-0.39, 0.29) is 24.8 Å². The number of benzene rings is 2. The van der Waals surface area contributed by atoms with Crippen LogP contribution in [0.1, 0.15) is 28.4 Å². The van der Waals surface area contributed by atoms with Gasteiger partial charge in [-0.15, -0.1) is 11.8 Å². The highest BCUT2D eigenvalue weighted by molar-refractivity contribution is 7.99. The zero-order chi connectivity index (χ0) is 21.5. The number of carbonyl (C=O) groups excluding carboxylic acids is 1. The quantitative estimate of drug-likeness (QED) is 0.522. The molecule has 0 unspecified atom stereocenters. The number of pyridine rings is 1. The molecule has 0 aliphatic rings. The summed E-state index contributed by atoms with van der Waals surface area (Å²) in [5.74, 6) is 0.245. The van der Waals surface area contributed by atoms with Gasteiger partial charge in [-0.05, 0) is 41.6 Å². The molecule has 1 aromatic heterocycles. The van der Waals surface area contributed by atoms with Crippen molar-refractivity contribution < 1.29 is 19.0 Å². The molecule has 7 heteroatoms. The van der Waals surface area contributed by atoms with Crippen LogP contribution in [-0.4, -0.2) is 28.9 Å². The van der Waals surface area contributed by atoms with Crippen molar-refractivity contribution in [2.75, 3.05) is 12.9 Å². The van der Waals surface area contributed by atoms with Crippen molar-refractivity contribution in [1.82, 2.24) is 10.3 Å². The lowest BCUT2D eigenvalue weighted by Gasteiger charge is -2.13. The van der Waals surface area contributed by atoms with Crippen molar-refractivity contribution in [3.63, 3.8) is 0 Å².